The SMILES string of the molecule is CCCCCCOc1ccc(N(c2ccc(OCCCCCC)cc2)c2ccc(-c3ccc(/C(C#N)=C/c4ccc(/C=C(/C#N)C(=O)O)n4CCCCCC)s3)cc2)cc1. The number of carboxylic acid groups (broad SMARTS) is 1. The van der Waals surface area contributed by atoms with Gasteiger partial charge in [0.25, 0.3) is 0 Å². The van der Waals surface area contributed by atoms with Gasteiger partial charge in [-0.3, -0.25) is 0 Å². The molecule has 0 atom stereocenters. The van der Waals surface area contributed by atoms with Crippen LogP contribution in [0, 0.1) is 22.7 Å². The zero-order valence-corrected chi connectivity index (χ0v) is 36.2. The number of rotatable bonds is 25. The van der Waals surface area contributed by atoms with E-state index in [1.54, 1.807) is 23.5 Å². The number of thiophene rings is 1. The van der Waals surface area contributed by atoms with Gasteiger partial charge in [-0.2, -0.15) is 10.5 Å². The Labute approximate surface area is 360 Å². The molecule has 8 nitrogen and oxygen atoms in total. The van der Waals surface area contributed by atoms with Crippen molar-refractivity contribution in [1.29, 1.82) is 10.5 Å². The Kier molecular flexibility index (Phi) is 18.1. The Morgan fingerprint density at radius 2 is 1.13 bits per heavy atom. The van der Waals surface area contributed by atoms with Gasteiger partial charge >= 0.3 is 5.97 Å². The second-order valence-corrected chi connectivity index (χ2v) is 16.0. The molecule has 0 saturated carbocycles. The highest BCUT2D eigenvalue weighted by Crippen LogP contribution is 2.39. The monoisotopic (exact) mass is 822 g/mol. The van der Waals surface area contributed by atoms with Gasteiger partial charge in [-0.05, 0) is 122 Å². The third kappa shape index (κ3) is 13.0. The topological polar surface area (TPSA) is 112 Å². The molecule has 60 heavy (non-hydrogen) atoms. The summed E-state index contributed by atoms with van der Waals surface area (Å²) in [4.78, 5) is 15.7. The maximum Gasteiger partial charge on any atom is 0.346 e. The van der Waals surface area contributed by atoms with Crippen LogP contribution in [-0.4, -0.2) is 28.9 Å². The molecule has 0 aliphatic heterocycles. The number of benzene rings is 3. The molecule has 0 radical (unpaired) electrons. The van der Waals surface area contributed by atoms with Crippen molar-refractivity contribution in [2.45, 2.75) is 104 Å². The van der Waals surface area contributed by atoms with Crippen LogP contribution in [0.3, 0.4) is 0 Å². The minimum Gasteiger partial charge on any atom is -0.494 e. The third-order valence-electron chi connectivity index (χ3n) is 10.3. The number of hydrogen-bond acceptors (Lipinski definition) is 7. The molecule has 312 valence electrons. The van der Waals surface area contributed by atoms with E-state index in [4.69, 9.17) is 9.47 Å². The van der Waals surface area contributed by atoms with Gasteiger partial charge in [0, 0.05) is 44.7 Å². The van der Waals surface area contributed by atoms with Crippen LogP contribution in [0.1, 0.15) is 114 Å². The molecular weight excluding hydrogens is 765 g/mol. The predicted molar refractivity (Wildman–Crippen MR) is 247 cm³/mol. The first-order chi connectivity index (χ1) is 29.4. The quantitative estimate of drug-likeness (QED) is 0.0354. The number of allylic oxidation sites excluding steroid dienone is 1. The van der Waals surface area contributed by atoms with Crippen LogP contribution in [0.5, 0.6) is 11.5 Å². The number of carboxylic acids is 1. The number of unbranched alkanes of at least 4 members (excludes halogenated alkanes) is 9. The molecule has 0 amide bonds. The van der Waals surface area contributed by atoms with E-state index in [0.29, 0.717) is 31.0 Å². The minimum absolute atomic E-state index is 0.331. The van der Waals surface area contributed by atoms with E-state index in [-0.39, 0.29) is 5.57 Å². The molecule has 0 spiro atoms. The van der Waals surface area contributed by atoms with Gasteiger partial charge < -0.3 is 24.0 Å². The lowest BCUT2D eigenvalue weighted by atomic mass is 10.1. The van der Waals surface area contributed by atoms with Crippen LogP contribution in [0.4, 0.5) is 17.1 Å². The van der Waals surface area contributed by atoms with Crippen LogP contribution in [0.2, 0.25) is 0 Å². The molecule has 0 bridgehead atoms. The molecule has 5 aromatic rings. The molecule has 3 aromatic carbocycles. The number of aromatic nitrogens is 1. The first-order valence-electron chi connectivity index (χ1n) is 21.5. The van der Waals surface area contributed by atoms with Gasteiger partial charge in [-0.25, -0.2) is 4.79 Å². The summed E-state index contributed by atoms with van der Waals surface area (Å²) < 4.78 is 14.1. The molecule has 0 fully saturated rings. The summed E-state index contributed by atoms with van der Waals surface area (Å²) in [6.45, 7) is 8.65. The Morgan fingerprint density at radius 1 is 0.633 bits per heavy atom. The minimum atomic E-state index is -1.27. The van der Waals surface area contributed by atoms with Crippen molar-refractivity contribution in [3.63, 3.8) is 0 Å². The molecule has 1 N–H and O–H groups in total. The number of nitrogens with zero attached hydrogens (tertiary/aromatic N) is 4. The Morgan fingerprint density at radius 3 is 1.62 bits per heavy atom. The highest BCUT2D eigenvalue weighted by Gasteiger charge is 2.16. The van der Waals surface area contributed by atoms with Crippen LogP contribution in [0.15, 0.2) is 103 Å². The van der Waals surface area contributed by atoms with Crippen molar-refractivity contribution in [2.24, 2.45) is 0 Å². The van der Waals surface area contributed by atoms with Crippen molar-refractivity contribution < 1.29 is 19.4 Å². The van der Waals surface area contributed by atoms with E-state index in [2.05, 4.69) is 80.3 Å². The van der Waals surface area contributed by atoms with Crippen molar-refractivity contribution >= 4 is 52.1 Å². The first-order valence-corrected chi connectivity index (χ1v) is 22.3. The maximum atomic E-state index is 11.6. The Hall–Kier alpha value is -6.03. The van der Waals surface area contributed by atoms with Crippen LogP contribution < -0.4 is 14.4 Å². The fourth-order valence-corrected chi connectivity index (χ4v) is 7.96. The molecule has 0 aliphatic carbocycles. The molecular formula is C51H58N4O4S. The Bertz CT molecular complexity index is 2180. The second kappa shape index (κ2) is 24.1. The van der Waals surface area contributed by atoms with Crippen molar-refractivity contribution in [3.8, 4) is 34.1 Å². The van der Waals surface area contributed by atoms with Crippen molar-refractivity contribution in [1.82, 2.24) is 4.57 Å². The number of carbonyl (C=O) groups is 1. The van der Waals surface area contributed by atoms with E-state index in [9.17, 15) is 20.4 Å². The summed E-state index contributed by atoms with van der Waals surface area (Å²) >= 11 is 1.55. The van der Waals surface area contributed by atoms with E-state index < -0.39 is 5.97 Å². The lowest BCUT2D eigenvalue weighted by Crippen LogP contribution is -2.10. The maximum absolute atomic E-state index is 11.6. The average Bonchev–Trinajstić information content (AvgIpc) is 3.91. The second-order valence-electron chi connectivity index (χ2n) is 14.9. The molecule has 0 aliphatic rings. The predicted octanol–water partition coefficient (Wildman–Crippen LogP) is 14.2. The van der Waals surface area contributed by atoms with Gasteiger partial charge in [0.05, 0.1) is 18.8 Å². The lowest BCUT2D eigenvalue weighted by molar-refractivity contribution is -0.132. The van der Waals surface area contributed by atoms with Crippen molar-refractivity contribution in [3.05, 3.63) is 119 Å². The highest BCUT2D eigenvalue weighted by atomic mass is 32.1. The van der Waals surface area contributed by atoms with Crippen LogP contribution in [0.25, 0.3) is 28.2 Å². The van der Waals surface area contributed by atoms with Gasteiger partial charge in [-0.1, -0.05) is 90.7 Å². The van der Waals surface area contributed by atoms with E-state index in [1.807, 2.05) is 53.1 Å². The fraction of sp³-hybridized carbons (Fsp3) is 0.353. The van der Waals surface area contributed by atoms with E-state index >= 15 is 0 Å². The number of hydrogen-bond donors (Lipinski definition) is 1. The van der Waals surface area contributed by atoms with Crippen LogP contribution >= 0.6 is 11.3 Å². The van der Waals surface area contributed by atoms with Gasteiger partial charge in [0.2, 0.25) is 0 Å². The number of anilines is 3. The summed E-state index contributed by atoms with van der Waals surface area (Å²) in [5.41, 5.74) is 5.65. The van der Waals surface area contributed by atoms with Gasteiger partial charge in [-0.15, -0.1) is 11.3 Å². The standard InChI is InChI=1S/C51H58N4O4S/c1-4-7-10-13-32-54-45(20-21-46(54)36-41(38-53)51(56)57)35-40(37-52)50-31-30-49(60-50)39-16-18-42(19-17-39)55(43-22-26-47(27-23-43)58-33-14-11-8-5-2)44-24-28-48(29-25-44)59-34-15-12-9-6-3/h16-31,35-36H,4-15,32-34H2,1-3H3,(H,56,57)/b40-35+,41-36-. The summed E-state index contributed by atoms with van der Waals surface area (Å²) in [6, 6.07) is 36.9. The molecule has 2 heterocycles. The normalized spacial score (nSPS) is 11.6. The third-order valence-corrected chi connectivity index (χ3v) is 11.5. The fourth-order valence-electron chi connectivity index (χ4n) is 6.98. The highest BCUT2D eigenvalue weighted by molar-refractivity contribution is 7.16. The van der Waals surface area contributed by atoms with E-state index in [0.717, 1.165) is 88.1 Å². The summed E-state index contributed by atoms with van der Waals surface area (Å²) in [5, 5.41) is 29.2. The van der Waals surface area contributed by atoms with Crippen molar-refractivity contribution in [2.75, 3.05) is 18.1 Å². The largest absolute Gasteiger partial charge is 0.494 e. The summed E-state index contributed by atoms with van der Waals surface area (Å²) in [7, 11) is 0. The first kappa shape index (κ1) is 45.1. The van der Waals surface area contributed by atoms with Gasteiger partial charge in [0.15, 0.2) is 0 Å². The number of ether oxygens (including phenoxy) is 2. The Balaban J connectivity index is 1.39. The summed E-state index contributed by atoms with van der Waals surface area (Å²) in [5.74, 6) is 0.457. The molecule has 2 aromatic heterocycles. The molecule has 0 saturated heterocycles. The molecule has 0 unspecified atom stereocenters. The molecule has 9 heteroatoms. The summed E-state index contributed by atoms with van der Waals surface area (Å²) in [6.07, 6.45) is 16.7. The van der Waals surface area contributed by atoms with E-state index in [1.165, 1.54) is 44.6 Å². The number of aliphatic carboxylic acids is 1. The average molecular weight is 823 g/mol. The smallest absolute Gasteiger partial charge is 0.346 e. The van der Waals surface area contributed by atoms with Gasteiger partial charge in [0.1, 0.15) is 29.2 Å². The number of nitriles is 2. The lowest BCUT2D eigenvalue weighted by Gasteiger charge is -2.26. The molecule has 5 rings (SSSR count). The zero-order valence-electron chi connectivity index (χ0n) is 35.4. The zero-order chi connectivity index (χ0) is 42.5. The van der Waals surface area contributed by atoms with Crippen LogP contribution in [-0.2, 0) is 11.3 Å².